The van der Waals surface area contributed by atoms with E-state index in [1.54, 1.807) is 6.07 Å². The Hall–Kier alpha value is -2.32. The molecule has 1 unspecified atom stereocenters. The van der Waals surface area contributed by atoms with E-state index in [9.17, 15) is 17.6 Å². The first-order valence-electron chi connectivity index (χ1n) is 7.98. The first-order valence-corrected chi connectivity index (χ1v) is 10.2. The van der Waals surface area contributed by atoms with Crippen LogP contribution in [-0.4, -0.2) is 33.7 Å². The number of methoxy groups -OCH3 is 1. The summed E-state index contributed by atoms with van der Waals surface area (Å²) in [5.41, 5.74) is 0.847. The van der Waals surface area contributed by atoms with Crippen LogP contribution in [0.25, 0.3) is 0 Å². The maximum absolute atomic E-state index is 13.0. The van der Waals surface area contributed by atoms with Gasteiger partial charge in [-0.2, -0.15) is 0 Å². The van der Waals surface area contributed by atoms with Gasteiger partial charge in [0.1, 0.15) is 17.6 Å². The molecule has 1 amide bonds. The second kappa shape index (κ2) is 8.58. The molecule has 0 heterocycles. The first kappa shape index (κ1) is 21.0. The fourth-order valence-corrected chi connectivity index (χ4v) is 3.89. The zero-order valence-electron chi connectivity index (χ0n) is 15.1. The third-order valence-electron chi connectivity index (χ3n) is 3.85. The van der Waals surface area contributed by atoms with E-state index in [0.717, 1.165) is 10.6 Å². The number of hydrogen-bond donors (Lipinski definition) is 1. The smallest absolute Gasteiger partial charge is 0.243 e. The van der Waals surface area contributed by atoms with Crippen LogP contribution in [-0.2, 0) is 21.4 Å². The molecule has 9 heteroatoms. The maximum atomic E-state index is 13.0. The molecule has 0 spiro atoms. The Morgan fingerprint density at radius 1 is 1.26 bits per heavy atom. The van der Waals surface area contributed by atoms with Crippen molar-refractivity contribution in [1.82, 2.24) is 5.32 Å². The monoisotopic (exact) mass is 414 g/mol. The molecular formula is C18H20ClFN2O4S. The molecule has 0 saturated carbocycles. The number of benzene rings is 2. The van der Waals surface area contributed by atoms with Crippen LogP contribution in [0.15, 0.2) is 42.5 Å². The van der Waals surface area contributed by atoms with E-state index in [2.05, 4.69) is 5.32 Å². The summed E-state index contributed by atoms with van der Waals surface area (Å²) in [5, 5.41) is 2.96. The molecule has 0 saturated heterocycles. The number of rotatable bonds is 7. The minimum atomic E-state index is -3.82. The highest BCUT2D eigenvalue weighted by molar-refractivity contribution is 7.92. The molecule has 2 aromatic rings. The minimum absolute atomic E-state index is 0.133. The van der Waals surface area contributed by atoms with Gasteiger partial charge in [0, 0.05) is 11.6 Å². The van der Waals surface area contributed by atoms with Crippen LogP contribution in [0.2, 0.25) is 5.02 Å². The molecule has 0 aromatic heterocycles. The van der Waals surface area contributed by atoms with E-state index in [0.29, 0.717) is 10.6 Å². The largest absolute Gasteiger partial charge is 0.495 e. The summed E-state index contributed by atoms with van der Waals surface area (Å²) < 4.78 is 43.9. The highest BCUT2D eigenvalue weighted by atomic mass is 35.5. The predicted molar refractivity (Wildman–Crippen MR) is 103 cm³/mol. The van der Waals surface area contributed by atoms with Crippen molar-refractivity contribution in [3.8, 4) is 5.75 Å². The number of ether oxygens (including phenoxy) is 1. The lowest BCUT2D eigenvalue weighted by atomic mass is 10.2. The fourth-order valence-electron chi connectivity index (χ4n) is 2.56. The molecule has 1 N–H and O–H groups in total. The zero-order valence-corrected chi connectivity index (χ0v) is 16.6. The summed E-state index contributed by atoms with van der Waals surface area (Å²) in [7, 11) is -2.42. The van der Waals surface area contributed by atoms with Gasteiger partial charge in [0.25, 0.3) is 0 Å². The topological polar surface area (TPSA) is 75.7 Å². The Bertz CT molecular complexity index is 919. The molecule has 0 aliphatic rings. The molecule has 0 bridgehead atoms. The van der Waals surface area contributed by atoms with Crippen molar-refractivity contribution in [1.29, 1.82) is 0 Å². The van der Waals surface area contributed by atoms with Crippen LogP contribution < -0.4 is 14.4 Å². The van der Waals surface area contributed by atoms with Crippen LogP contribution in [0.5, 0.6) is 5.75 Å². The van der Waals surface area contributed by atoms with Gasteiger partial charge in [0.15, 0.2) is 0 Å². The lowest BCUT2D eigenvalue weighted by molar-refractivity contribution is -0.122. The molecule has 0 aliphatic carbocycles. The van der Waals surface area contributed by atoms with Gasteiger partial charge < -0.3 is 10.1 Å². The third kappa shape index (κ3) is 5.33. The lowest BCUT2D eigenvalue weighted by Gasteiger charge is -2.29. The number of nitrogens with one attached hydrogen (secondary N) is 1. The van der Waals surface area contributed by atoms with Crippen LogP contribution in [0.4, 0.5) is 10.1 Å². The highest BCUT2D eigenvalue weighted by Crippen LogP contribution is 2.34. The molecule has 146 valence electrons. The summed E-state index contributed by atoms with van der Waals surface area (Å²) in [6.07, 6.45) is 0.997. The quantitative estimate of drug-likeness (QED) is 0.755. The van der Waals surface area contributed by atoms with E-state index in [-0.39, 0.29) is 23.8 Å². The molecule has 2 rings (SSSR count). The Morgan fingerprint density at radius 2 is 1.89 bits per heavy atom. The van der Waals surface area contributed by atoms with Gasteiger partial charge in [0.2, 0.25) is 15.9 Å². The van der Waals surface area contributed by atoms with E-state index in [1.807, 2.05) is 0 Å². The van der Waals surface area contributed by atoms with Gasteiger partial charge in [-0.1, -0.05) is 23.7 Å². The number of hydrogen-bond acceptors (Lipinski definition) is 4. The van der Waals surface area contributed by atoms with Crippen molar-refractivity contribution in [2.24, 2.45) is 0 Å². The van der Waals surface area contributed by atoms with Crippen molar-refractivity contribution < 1.29 is 22.3 Å². The van der Waals surface area contributed by atoms with E-state index in [4.69, 9.17) is 16.3 Å². The summed E-state index contributed by atoms with van der Waals surface area (Å²) in [6, 6.07) is 9.08. The standard InChI is InChI=1S/C18H20ClFN2O4S/c1-12(18(23)21-11-13-4-7-15(20)8-5-13)22(27(3,24)25)16-10-14(19)6-9-17(16)26-2/h4-10,12H,11H2,1-3H3,(H,21,23). The van der Waals surface area contributed by atoms with Crippen molar-refractivity contribution in [2.45, 2.75) is 19.5 Å². The Labute approximate surface area is 162 Å². The Morgan fingerprint density at radius 3 is 2.44 bits per heavy atom. The molecule has 6 nitrogen and oxygen atoms in total. The molecule has 2 aromatic carbocycles. The van der Waals surface area contributed by atoms with Gasteiger partial charge in [0.05, 0.1) is 19.1 Å². The Balaban J connectivity index is 2.27. The average Bonchev–Trinajstić information content (AvgIpc) is 2.60. The van der Waals surface area contributed by atoms with Crippen molar-refractivity contribution >= 4 is 33.2 Å². The average molecular weight is 415 g/mol. The Kier molecular flexibility index (Phi) is 6.67. The van der Waals surface area contributed by atoms with Crippen molar-refractivity contribution in [2.75, 3.05) is 17.7 Å². The number of nitrogens with zero attached hydrogens (tertiary/aromatic N) is 1. The number of sulfonamides is 1. The van der Waals surface area contributed by atoms with Crippen LogP contribution >= 0.6 is 11.6 Å². The molecule has 0 aliphatic heterocycles. The summed E-state index contributed by atoms with van der Waals surface area (Å²) in [5.74, 6) is -0.635. The third-order valence-corrected chi connectivity index (χ3v) is 5.31. The normalized spacial score (nSPS) is 12.3. The number of amides is 1. The summed E-state index contributed by atoms with van der Waals surface area (Å²) >= 11 is 6.00. The number of carbonyl (C=O) groups excluding carboxylic acids is 1. The summed E-state index contributed by atoms with van der Waals surface area (Å²) in [4.78, 5) is 12.6. The lowest BCUT2D eigenvalue weighted by Crippen LogP contribution is -2.47. The van der Waals surface area contributed by atoms with E-state index < -0.39 is 22.0 Å². The molecular weight excluding hydrogens is 395 g/mol. The van der Waals surface area contributed by atoms with Crippen LogP contribution in [0.1, 0.15) is 12.5 Å². The minimum Gasteiger partial charge on any atom is -0.495 e. The van der Waals surface area contributed by atoms with Crippen molar-refractivity contribution in [3.05, 3.63) is 58.9 Å². The molecule has 27 heavy (non-hydrogen) atoms. The van der Waals surface area contributed by atoms with Gasteiger partial charge in [-0.05, 0) is 42.8 Å². The second-order valence-corrected chi connectivity index (χ2v) is 8.19. The van der Waals surface area contributed by atoms with Crippen LogP contribution in [0, 0.1) is 5.82 Å². The van der Waals surface area contributed by atoms with Crippen molar-refractivity contribution in [3.63, 3.8) is 0 Å². The van der Waals surface area contributed by atoms with Gasteiger partial charge in [-0.3, -0.25) is 9.10 Å². The number of halogens is 2. The van der Waals surface area contributed by atoms with Gasteiger partial charge >= 0.3 is 0 Å². The molecule has 0 radical (unpaired) electrons. The van der Waals surface area contributed by atoms with E-state index >= 15 is 0 Å². The SMILES string of the molecule is COc1ccc(Cl)cc1N(C(C)C(=O)NCc1ccc(F)cc1)S(C)(=O)=O. The second-order valence-electron chi connectivity index (χ2n) is 5.90. The zero-order chi connectivity index (χ0) is 20.2. The first-order chi connectivity index (χ1) is 12.6. The predicted octanol–water partition coefficient (Wildman–Crippen LogP) is 2.96. The summed E-state index contributed by atoms with van der Waals surface area (Å²) in [6.45, 7) is 1.59. The fraction of sp³-hybridized carbons (Fsp3) is 0.278. The van der Waals surface area contributed by atoms with Gasteiger partial charge in [-0.15, -0.1) is 0 Å². The number of carbonyl (C=O) groups is 1. The molecule has 0 fully saturated rings. The van der Waals surface area contributed by atoms with E-state index in [1.165, 1.54) is 50.4 Å². The maximum Gasteiger partial charge on any atom is 0.243 e. The van der Waals surface area contributed by atoms with Crippen LogP contribution in [0.3, 0.4) is 0 Å². The highest BCUT2D eigenvalue weighted by Gasteiger charge is 2.31. The van der Waals surface area contributed by atoms with Gasteiger partial charge in [-0.25, -0.2) is 12.8 Å². The molecule has 1 atom stereocenters. The number of anilines is 1.